The van der Waals surface area contributed by atoms with E-state index >= 15 is 0 Å². The van der Waals surface area contributed by atoms with Crippen molar-refractivity contribution in [3.8, 4) is 0 Å². The number of hydrogen-bond acceptors (Lipinski definition) is 4. The molecule has 1 aliphatic heterocycles. The first kappa shape index (κ1) is 15.3. The summed E-state index contributed by atoms with van der Waals surface area (Å²) < 4.78 is 1.77. The molecule has 0 radical (unpaired) electrons. The smallest absolute Gasteiger partial charge is 0.226 e. The largest absolute Gasteiger partial charge is 0.328 e. The quantitative estimate of drug-likeness (QED) is 0.743. The van der Waals surface area contributed by atoms with E-state index in [9.17, 15) is 4.79 Å². The molecule has 0 bridgehead atoms. The molecule has 5 heteroatoms. The molecule has 4 rings (SSSR count). The second-order valence-electron chi connectivity index (χ2n) is 6.20. The van der Waals surface area contributed by atoms with Gasteiger partial charge in [0.1, 0.15) is 12.4 Å². The van der Waals surface area contributed by atoms with Crippen LogP contribution < -0.4 is 5.32 Å². The Morgan fingerprint density at radius 1 is 1.04 bits per heavy atom. The topological polar surface area (TPSA) is 59.8 Å². The molecule has 0 fully saturated rings. The Hall–Kier alpha value is -3.21. The van der Waals surface area contributed by atoms with Gasteiger partial charge in [0, 0.05) is 16.8 Å². The molecular weight excluding hydrogens is 312 g/mol. The van der Waals surface area contributed by atoms with Gasteiger partial charge in [0.15, 0.2) is 5.78 Å². The highest BCUT2D eigenvalue weighted by Gasteiger charge is 2.33. The van der Waals surface area contributed by atoms with Crippen molar-refractivity contribution in [3.63, 3.8) is 0 Å². The average Bonchev–Trinajstić information content (AvgIpc) is 3.09. The number of ketones is 1. The third-order valence-electron chi connectivity index (χ3n) is 4.47. The van der Waals surface area contributed by atoms with Crippen molar-refractivity contribution >= 4 is 11.7 Å². The van der Waals surface area contributed by atoms with Gasteiger partial charge in [0.25, 0.3) is 0 Å². The summed E-state index contributed by atoms with van der Waals surface area (Å²) in [6.45, 7) is 3.96. The fourth-order valence-corrected chi connectivity index (χ4v) is 3.19. The minimum absolute atomic E-state index is 0.00248. The summed E-state index contributed by atoms with van der Waals surface area (Å²) in [5, 5.41) is 7.55. The molecular formula is C20H18N4O. The molecule has 2 aromatic carbocycles. The van der Waals surface area contributed by atoms with Crippen LogP contribution in [-0.4, -0.2) is 20.5 Å². The Morgan fingerprint density at radius 3 is 2.48 bits per heavy atom. The van der Waals surface area contributed by atoms with Crippen LogP contribution in [0.15, 0.2) is 72.2 Å². The number of carbonyl (C=O) groups excluding carboxylic acids is 1. The van der Waals surface area contributed by atoms with Crippen LogP contribution in [0.2, 0.25) is 0 Å². The van der Waals surface area contributed by atoms with Gasteiger partial charge >= 0.3 is 0 Å². The molecule has 1 aliphatic rings. The molecule has 0 spiro atoms. The van der Waals surface area contributed by atoms with Crippen molar-refractivity contribution in [1.82, 2.24) is 14.8 Å². The lowest BCUT2D eigenvalue weighted by molar-refractivity contribution is 0.102. The SMILES string of the molecule is CC1=C(C(=O)c2ccccc2)C(c2ccc(C)cc2)n2ncnc2N1. The number of carbonyl (C=O) groups is 1. The van der Waals surface area contributed by atoms with Crippen LogP contribution in [0.3, 0.4) is 0 Å². The van der Waals surface area contributed by atoms with Gasteiger partial charge in [0.2, 0.25) is 5.95 Å². The minimum atomic E-state index is -0.299. The van der Waals surface area contributed by atoms with Crippen molar-refractivity contribution in [3.05, 3.63) is 88.9 Å². The molecule has 1 atom stereocenters. The van der Waals surface area contributed by atoms with Crippen molar-refractivity contribution < 1.29 is 4.79 Å². The van der Waals surface area contributed by atoms with E-state index in [1.54, 1.807) is 4.68 Å². The van der Waals surface area contributed by atoms with Crippen LogP contribution in [-0.2, 0) is 0 Å². The van der Waals surface area contributed by atoms with E-state index < -0.39 is 0 Å². The highest BCUT2D eigenvalue weighted by Crippen LogP contribution is 2.36. The molecule has 1 unspecified atom stereocenters. The van der Waals surface area contributed by atoms with Gasteiger partial charge in [-0.15, -0.1) is 0 Å². The van der Waals surface area contributed by atoms with E-state index in [2.05, 4.69) is 15.4 Å². The highest BCUT2D eigenvalue weighted by molar-refractivity contribution is 6.10. The molecule has 0 saturated heterocycles. The molecule has 0 saturated carbocycles. The molecule has 0 aliphatic carbocycles. The summed E-state index contributed by atoms with van der Waals surface area (Å²) >= 11 is 0. The maximum absolute atomic E-state index is 13.2. The van der Waals surface area contributed by atoms with Crippen molar-refractivity contribution in [2.75, 3.05) is 5.32 Å². The van der Waals surface area contributed by atoms with E-state index in [0.29, 0.717) is 17.1 Å². The zero-order valence-corrected chi connectivity index (χ0v) is 14.1. The first-order valence-corrected chi connectivity index (χ1v) is 8.19. The Balaban J connectivity index is 1.87. The van der Waals surface area contributed by atoms with Crippen molar-refractivity contribution in [2.45, 2.75) is 19.9 Å². The third kappa shape index (κ3) is 2.63. The zero-order valence-electron chi connectivity index (χ0n) is 14.1. The van der Waals surface area contributed by atoms with E-state index in [0.717, 1.165) is 11.3 Å². The lowest BCUT2D eigenvalue weighted by Gasteiger charge is -2.28. The lowest BCUT2D eigenvalue weighted by Crippen LogP contribution is -2.28. The van der Waals surface area contributed by atoms with Crippen LogP contribution >= 0.6 is 0 Å². The second-order valence-corrected chi connectivity index (χ2v) is 6.20. The number of aromatic nitrogens is 3. The number of benzene rings is 2. The summed E-state index contributed by atoms with van der Waals surface area (Å²) in [5.74, 6) is 0.644. The molecule has 5 nitrogen and oxygen atoms in total. The van der Waals surface area contributed by atoms with Gasteiger partial charge in [-0.05, 0) is 19.4 Å². The summed E-state index contributed by atoms with van der Waals surface area (Å²) in [5.41, 5.74) is 4.35. The van der Waals surface area contributed by atoms with Crippen LogP contribution in [0.4, 0.5) is 5.95 Å². The number of allylic oxidation sites excluding steroid dienone is 2. The summed E-state index contributed by atoms with van der Waals surface area (Å²) in [6, 6.07) is 17.2. The molecule has 0 amide bonds. The Labute approximate surface area is 146 Å². The van der Waals surface area contributed by atoms with Crippen molar-refractivity contribution in [2.24, 2.45) is 0 Å². The first-order chi connectivity index (χ1) is 12.1. The molecule has 124 valence electrons. The third-order valence-corrected chi connectivity index (χ3v) is 4.47. The first-order valence-electron chi connectivity index (χ1n) is 8.19. The number of hydrogen-bond donors (Lipinski definition) is 1. The lowest BCUT2D eigenvalue weighted by atomic mass is 9.89. The number of nitrogens with one attached hydrogen (secondary N) is 1. The van der Waals surface area contributed by atoms with E-state index in [1.165, 1.54) is 11.9 Å². The maximum Gasteiger partial charge on any atom is 0.226 e. The molecule has 1 aromatic heterocycles. The monoisotopic (exact) mass is 330 g/mol. The fourth-order valence-electron chi connectivity index (χ4n) is 3.19. The Bertz CT molecular complexity index is 955. The fraction of sp³-hybridized carbons (Fsp3) is 0.150. The Morgan fingerprint density at radius 2 is 1.76 bits per heavy atom. The maximum atomic E-state index is 13.2. The van der Waals surface area contributed by atoms with Gasteiger partial charge in [-0.25, -0.2) is 4.68 Å². The molecule has 25 heavy (non-hydrogen) atoms. The standard InChI is InChI=1S/C20H18N4O/c1-13-8-10-15(11-9-13)18-17(19(25)16-6-4-3-5-7-16)14(2)23-20-21-12-22-24(18)20/h3-12,18H,1-2H3,(H,21,22,23). The second kappa shape index (κ2) is 6.02. The summed E-state index contributed by atoms with van der Waals surface area (Å²) in [7, 11) is 0. The number of rotatable bonds is 3. The van der Waals surface area contributed by atoms with E-state index in [-0.39, 0.29) is 11.8 Å². The van der Waals surface area contributed by atoms with Crippen LogP contribution in [0.5, 0.6) is 0 Å². The van der Waals surface area contributed by atoms with E-state index in [4.69, 9.17) is 0 Å². The summed E-state index contributed by atoms with van der Waals surface area (Å²) in [4.78, 5) is 17.5. The summed E-state index contributed by atoms with van der Waals surface area (Å²) in [6.07, 6.45) is 1.51. The minimum Gasteiger partial charge on any atom is -0.328 e. The van der Waals surface area contributed by atoms with Crippen molar-refractivity contribution in [1.29, 1.82) is 0 Å². The zero-order chi connectivity index (χ0) is 17.4. The highest BCUT2D eigenvalue weighted by atomic mass is 16.1. The van der Waals surface area contributed by atoms with Crippen LogP contribution in [0, 0.1) is 6.92 Å². The van der Waals surface area contributed by atoms with Gasteiger partial charge in [-0.1, -0.05) is 60.2 Å². The number of anilines is 1. The number of aryl methyl sites for hydroxylation is 1. The van der Waals surface area contributed by atoms with Gasteiger partial charge in [0.05, 0.1) is 0 Å². The normalized spacial score (nSPS) is 16.3. The molecule has 3 aromatic rings. The average molecular weight is 330 g/mol. The van der Waals surface area contributed by atoms with E-state index in [1.807, 2.05) is 68.4 Å². The number of nitrogens with zero attached hydrogens (tertiary/aromatic N) is 3. The predicted molar refractivity (Wildman–Crippen MR) is 96.4 cm³/mol. The number of fused-ring (bicyclic) bond motifs is 1. The number of Topliss-reactive ketones (excluding diaryl/α,β-unsaturated/α-hetero) is 1. The van der Waals surface area contributed by atoms with Crippen LogP contribution in [0.1, 0.15) is 34.5 Å². The Kier molecular flexibility index (Phi) is 3.69. The van der Waals surface area contributed by atoms with Gasteiger partial charge in [-0.2, -0.15) is 10.1 Å². The molecule has 1 N–H and O–H groups in total. The van der Waals surface area contributed by atoms with Crippen LogP contribution in [0.25, 0.3) is 0 Å². The van der Waals surface area contributed by atoms with Gasteiger partial charge < -0.3 is 5.32 Å². The molecule has 2 heterocycles. The predicted octanol–water partition coefficient (Wildman–Crippen LogP) is 3.76. The van der Waals surface area contributed by atoms with Gasteiger partial charge in [-0.3, -0.25) is 4.79 Å².